The van der Waals surface area contributed by atoms with Crippen molar-refractivity contribution in [2.24, 2.45) is 16.1 Å². The van der Waals surface area contributed by atoms with Crippen LogP contribution in [0.15, 0.2) is 11.2 Å². The maximum atomic E-state index is 11.8. The Balaban J connectivity index is 3.32. The smallest absolute Gasteiger partial charge is 0.343 e. The van der Waals surface area contributed by atoms with Gasteiger partial charge >= 0.3 is 5.00 Å². The van der Waals surface area contributed by atoms with Gasteiger partial charge in [-0.1, -0.05) is 20.8 Å². The van der Waals surface area contributed by atoms with Crippen molar-refractivity contribution in [1.82, 2.24) is 4.57 Å². The van der Waals surface area contributed by atoms with Gasteiger partial charge in [0.25, 0.3) is 5.91 Å². The number of hydrogen-bond donors (Lipinski definition) is 1. The van der Waals surface area contributed by atoms with Crippen molar-refractivity contribution in [2.45, 2.75) is 27.3 Å². The van der Waals surface area contributed by atoms with Crippen LogP contribution in [-0.2, 0) is 16.1 Å². The summed E-state index contributed by atoms with van der Waals surface area (Å²) in [5, 5.41) is 10.5. The third kappa shape index (κ3) is 3.98. The summed E-state index contributed by atoms with van der Waals surface area (Å²) in [5.74, 6) is -1.10. The van der Waals surface area contributed by atoms with Crippen LogP contribution in [-0.4, -0.2) is 21.3 Å². The number of thiazole rings is 1. The van der Waals surface area contributed by atoms with Gasteiger partial charge in [-0.15, -0.1) is 0 Å². The maximum absolute atomic E-state index is 11.8. The van der Waals surface area contributed by atoms with Crippen molar-refractivity contribution >= 4 is 28.2 Å². The van der Waals surface area contributed by atoms with E-state index in [0.29, 0.717) is 0 Å². The van der Waals surface area contributed by atoms with E-state index in [9.17, 15) is 19.7 Å². The van der Waals surface area contributed by atoms with Crippen LogP contribution >= 0.6 is 11.3 Å². The maximum Gasteiger partial charge on any atom is 0.343 e. The highest BCUT2D eigenvalue weighted by Crippen LogP contribution is 2.17. The van der Waals surface area contributed by atoms with Crippen molar-refractivity contribution in [3.8, 4) is 0 Å². The standard InChI is InChI=1S/C10H14N4O4S/c1-10(2,3)8(16)12-9-13(4-6(11)15)5-7(19-9)14(17)18/h5H,4H2,1-3H3,(H2,11,15). The van der Waals surface area contributed by atoms with Crippen LogP contribution in [0.1, 0.15) is 20.8 Å². The minimum Gasteiger partial charge on any atom is -0.368 e. The van der Waals surface area contributed by atoms with Crippen molar-refractivity contribution in [1.29, 1.82) is 0 Å². The number of amides is 2. The van der Waals surface area contributed by atoms with Gasteiger partial charge in [-0.2, -0.15) is 4.99 Å². The van der Waals surface area contributed by atoms with Crippen LogP contribution in [0, 0.1) is 15.5 Å². The second-order valence-electron chi connectivity index (χ2n) is 4.87. The first-order valence-electron chi connectivity index (χ1n) is 5.33. The van der Waals surface area contributed by atoms with E-state index in [1.807, 2.05) is 0 Å². The Kier molecular flexibility index (Phi) is 4.20. The van der Waals surface area contributed by atoms with Crippen LogP contribution in [0.25, 0.3) is 0 Å². The van der Waals surface area contributed by atoms with Crippen molar-refractivity contribution in [2.75, 3.05) is 0 Å². The number of nitro groups is 1. The number of nitrogens with zero attached hydrogens (tertiary/aromatic N) is 3. The van der Waals surface area contributed by atoms with E-state index >= 15 is 0 Å². The largest absolute Gasteiger partial charge is 0.368 e. The lowest BCUT2D eigenvalue weighted by Crippen LogP contribution is -2.27. The third-order valence-electron chi connectivity index (χ3n) is 2.05. The van der Waals surface area contributed by atoms with Gasteiger partial charge < -0.3 is 10.3 Å². The third-order valence-corrected chi connectivity index (χ3v) is 3.02. The molecular weight excluding hydrogens is 272 g/mol. The number of aromatic nitrogens is 1. The summed E-state index contributed by atoms with van der Waals surface area (Å²) in [6, 6.07) is 0. The Morgan fingerprint density at radius 3 is 2.53 bits per heavy atom. The van der Waals surface area contributed by atoms with E-state index < -0.39 is 22.2 Å². The summed E-state index contributed by atoms with van der Waals surface area (Å²) in [7, 11) is 0. The Bertz CT molecular complexity index is 593. The zero-order valence-corrected chi connectivity index (χ0v) is 11.6. The zero-order valence-electron chi connectivity index (χ0n) is 10.7. The SMILES string of the molecule is CC(C)(C)C(=O)N=c1sc([N+](=O)[O-])cn1CC(N)=O. The second kappa shape index (κ2) is 5.31. The van der Waals surface area contributed by atoms with Crippen LogP contribution in [0.2, 0.25) is 0 Å². The van der Waals surface area contributed by atoms with E-state index in [0.717, 1.165) is 17.5 Å². The molecule has 0 aliphatic heterocycles. The first kappa shape index (κ1) is 15.0. The Morgan fingerprint density at radius 1 is 1.53 bits per heavy atom. The molecule has 9 heteroatoms. The average Bonchev–Trinajstić information content (AvgIpc) is 2.59. The first-order valence-corrected chi connectivity index (χ1v) is 6.15. The Morgan fingerprint density at radius 2 is 2.11 bits per heavy atom. The van der Waals surface area contributed by atoms with Crippen LogP contribution in [0.5, 0.6) is 0 Å². The Labute approximate surface area is 112 Å². The average molecular weight is 286 g/mol. The minimum absolute atomic E-state index is 0.0884. The predicted molar refractivity (Wildman–Crippen MR) is 68.2 cm³/mol. The van der Waals surface area contributed by atoms with Crippen LogP contribution in [0.3, 0.4) is 0 Å². The van der Waals surface area contributed by atoms with Gasteiger partial charge in [-0.05, 0) is 11.3 Å². The van der Waals surface area contributed by atoms with Crippen LogP contribution < -0.4 is 10.5 Å². The molecule has 0 atom stereocenters. The molecule has 19 heavy (non-hydrogen) atoms. The molecular formula is C10H14N4O4S. The molecule has 0 radical (unpaired) electrons. The number of primary amides is 1. The highest BCUT2D eigenvalue weighted by atomic mass is 32.1. The second-order valence-corrected chi connectivity index (χ2v) is 5.86. The fourth-order valence-corrected chi connectivity index (χ4v) is 1.88. The molecule has 0 saturated heterocycles. The molecule has 0 fully saturated rings. The summed E-state index contributed by atoms with van der Waals surface area (Å²) in [4.78, 5) is 36.7. The van der Waals surface area contributed by atoms with Gasteiger partial charge in [0.1, 0.15) is 6.54 Å². The van der Waals surface area contributed by atoms with Crippen molar-refractivity contribution in [3.05, 3.63) is 21.1 Å². The lowest BCUT2D eigenvalue weighted by atomic mass is 9.96. The summed E-state index contributed by atoms with van der Waals surface area (Å²) in [6.07, 6.45) is 1.14. The molecule has 1 aromatic heterocycles. The summed E-state index contributed by atoms with van der Waals surface area (Å²) < 4.78 is 1.20. The summed E-state index contributed by atoms with van der Waals surface area (Å²) in [6.45, 7) is 4.78. The molecule has 1 rings (SSSR count). The molecule has 104 valence electrons. The molecule has 0 spiro atoms. The minimum atomic E-state index is -0.705. The van der Waals surface area contributed by atoms with E-state index in [-0.39, 0.29) is 16.3 Å². The lowest BCUT2D eigenvalue weighted by molar-refractivity contribution is -0.380. The van der Waals surface area contributed by atoms with E-state index in [1.54, 1.807) is 20.8 Å². The van der Waals surface area contributed by atoms with Gasteiger partial charge in [0.2, 0.25) is 5.91 Å². The van der Waals surface area contributed by atoms with E-state index in [2.05, 4.69) is 4.99 Å². The van der Waals surface area contributed by atoms with Crippen molar-refractivity contribution < 1.29 is 14.5 Å². The highest BCUT2D eigenvalue weighted by Gasteiger charge is 2.22. The van der Waals surface area contributed by atoms with Gasteiger partial charge in [0.05, 0.1) is 11.1 Å². The fraction of sp³-hybridized carbons (Fsp3) is 0.500. The van der Waals surface area contributed by atoms with E-state index in [1.165, 1.54) is 4.57 Å². The molecule has 0 unspecified atom stereocenters. The number of hydrogen-bond acceptors (Lipinski definition) is 5. The zero-order chi connectivity index (χ0) is 14.8. The molecule has 1 aromatic rings. The number of nitrogens with two attached hydrogens (primary N) is 1. The topological polar surface area (TPSA) is 121 Å². The Hall–Kier alpha value is -2.03. The summed E-state index contributed by atoms with van der Waals surface area (Å²) in [5.41, 5.74) is 4.34. The summed E-state index contributed by atoms with van der Waals surface area (Å²) >= 11 is 0.723. The molecule has 0 saturated carbocycles. The molecule has 8 nitrogen and oxygen atoms in total. The van der Waals surface area contributed by atoms with Gasteiger partial charge in [-0.25, -0.2) is 0 Å². The first-order chi connectivity index (χ1) is 8.61. The molecule has 0 aromatic carbocycles. The monoisotopic (exact) mass is 286 g/mol. The van der Waals surface area contributed by atoms with Gasteiger partial charge in [0, 0.05) is 5.41 Å². The molecule has 2 amide bonds. The number of rotatable bonds is 3. The van der Waals surface area contributed by atoms with Gasteiger partial charge in [0.15, 0.2) is 4.80 Å². The molecule has 1 heterocycles. The quantitative estimate of drug-likeness (QED) is 0.639. The van der Waals surface area contributed by atoms with Crippen molar-refractivity contribution in [3.63, 3.8) is 0 Å². The lowest BCUT2D eigenvalue weighted by Gasteiger charge is -2.11. The van der Waals surface area contributed by atoms with E-state index in [4.69, 9.17) is 5.73 Å². The number of carbonyl (C=O) groups excluding carboxylic acids is 2. The number of carbonyl (C=O) groups is 2. The molecule has 0 bridgehead atoms. The fourth-order valence-electron chi connectivity index (χ4n) is 1.07. The predicted octanol–water partition coefficient (Wildman–Crippen LogP) is 0.416. The normalized spacial score (nSPS) is 12.5. The molecule has 2 N–H and O–H groups in total. The highest BCUT2D eigenvalue weighted by molar-refractivity contribution is 7.12. The molecule has 0 aliphatic rings. The van der Waals surface area contributed by atoms with Gasteiger partial charge in [-0.3, -0.25) is 19.7 Å². The van der Waals surface area contributed by atoms with Crippen LogP contribution in [0.4, 0.5) is 5.00 Å². The molecule has 0 aliphatic carbocycles.